The second kappa shape index (κ2) is 2.51. The molecule has 0 aromatic rings. The average molecular weight is 144 g/mol. The molecular weight excluding hydrogens is 136 g/mol. The first-order valence-electron chi connectivity index (χ1n) is 2.93. The number of aliphatic imine (C=N–C) groups is 1. The molecule has 1 aliphatic carbocycles. The van der Waals surface area contributed by atoms with Crippen LogP contribution in [0.5, 0.6) is 0 Å². The van der Waals surface area contributed by atoms with Crippen molar-refractivity contribution in [1.29, 1.82) is 0 Å². The van der Waals surface area contributed by atoms with Gasteiger partial charge in [0, 0.05) is 0 Å². The van der Waals surface area contributed by atoms with E-state index in [2.05, 4.69) is 4.99 Å². The standard InChI is InChI=1S/C4H8N4O2/c5-4(7-8(9)10)6-3-1-2-3/h3H,1-2H2,(H3,5,6,7). The zero-order valence-electron chi connectivity index (χ0n) is 5.28. The molecule has 1 aliphatic rings. The number of guanidine groups is 1. The van der Waals surface area contributed by atoms with Gasteiger partial charge in [-0.15, -0.1) is 0 Å². The van der Waals surface area contributed by atoms with Crippen molar-refractivity contribution in [3.8, 4) is 0 Å². The van der Waals surface area contributed by atoms with Crippen molar-refractivity contribution in [1.82, 2.24) is 5.43 Å². The van der Waals surface area contributed by atoms with Crippen LogP contribution < -0.4 is 11.2 Å². The molecule has 0 heterocycles. The van der Waals surface area contributed by atoms with Crippen LogP contribution in [0.1, 0.15) is 12.8 Å². The van der Waals surface area contributed by atoms with E-state index in [1.807, 2.05) is 0 Å². The third-order valence-corrected chi connectivity index (χ3v) is 1.07. The van der Waals surface area contributed by atoms with E-state index in [1.54, 1.807) is 5.43 Å². The molecule has 1 fully saturated rings. The van der Waals surface area contributed by atoms with E-state index in [0.29, 0.717) is 0 Å². The number of nitrogens with zero attached hydrogens (tertiary/aromatic N) is 2. The smallest absolute Gasteiger partial charge is 0.251 e. The summed E-state index contributed by atoms with van der Waals surface area (Å²) in [6.07, 6.45) is 1.97. The summed E-state index contributed by atoms with van der Waals surface area (Å²) in [6.45, 7) is 0. The molecule has 0 aromatic heterocycles. The number of rotatable bonds is 2. The summed E-state index contributed by atoms with van der Waals surface area (Å²) in [6, 6.07) is 0.215. The lowest BCUT2D eigenvalue weighted by Crippen LogP contribution is -2.36. The van der Waals surface area contributed by atoms with Crippen LogP contribution in [0.3, 0.4) is 0 Å². The van der Waals surface area contributed by atoms with Gasteiger partial charge in [-0.1, -0.05) is 5.43 Å². The Hall–Kier alpha value is -1.33. The summed E-state index contributed by atoms with van der Waals surface area (Å²) in [4.78, 5) is 13.5. The third kappa shape index (κ3) is 2.29. The van der Waals surface area contributed by atoms with E-state index in [4.69, 9.17) is 5.73 Å². The number of hydrogen-bond donors (Lipinski definition) is 2. The van der Waals surface area contributed by atoms with Gasteiger partial charge in [0.15, 0.2) is 5.03 Å². The molecule has 0 radical (unpaired) electrons. The largest absolute Gasteiger partial charge is 0.365 e. The Labute approximate surface area is 57.2 Å². The van der Waals surface area contributed by atoms with E-state index in [9.17, 15) is 10.1 Å². The van der Waals surface area contributed by atoms with E-state index in [1.165, 1.54) is 0 Å². The molecule has 0 aromatic carbocycles. The summed E-state index contributed by atoms with van der Waals surface area (Å²) in [5, 5.41) is 9.02. The molecule has 6 heteroatoms. The Morgan fingerprint density at radius 1 is 1.80 bits per heavy atom. The van der Waals surface area contributed by atoms with Crippen molar-refractivity contribution in [3.63, 3.8) is 0 Å². The molecule has 0 aliphatic heterocycles. The quantitative estimate of drug-likeness (QED) is 0.230. The number of nitro groups is 1. The first-order valence-corrected chi connectivity index (χ1v) is 2.93. The van der Waals surface area contributed by atoms with Crippen LogP contribution in [-0.2, 0) is 0 Å². The second-order valence-electron chi connectivity index (χ2n) is 2.11. The lowest BCUT2D eigenvalue weighted by Gasteiger charge is -1.92. The fourth-order valence-electron chi connectivity index (χ4n) is 0.523. The number of hydrazine groups is 1. The predicted octanol–water partition coefficient (Wildman–Crippen LogP) is -0.755. The van der Waals surface area contributed by atoms with E-state index < -0.39 is 5.03 Å². The van der Waals surface area contributed by atoms with Gasteiger partial charge in [-0.2, -0.15) is 0 Å². The molecule has 0 bridgehead atoms. The highest BCUT2D eigenvalue weighted by molar-refractivity contribution is 5.76. The second-order valence-corrected chi connectivity index (χ2v) is 2.11. The van der Waals surface area contributed by atoms with E-state index in [-0.39, 0.29) is 12.0 Å². The lowest BCUT2D eigenvalue weighted by molar-refractivity contribution is -0.525. The Balaban J connectivity index is 2.31. The summed E-state index contributed by atoms with van der Waals surface area (Å²) in [7, 11) is 0. The molecule has 56 valence electrons. The van der Waals surface area contributed by atoms with Gasteiger partial charge in [0.05, 0.1) is 6.04 Å². The fourth-order valence-corrected chi connectivity index (χ4v) is 0.523. The Kier molecular flexibility index (Phi) is 1.70. The van der Waals surface area contributed by atoms with E-state index in [0.717, 1.165) is 12.8 Å². The minimum Gasteiger partial charge on any atom is -0.365 e. The highest BCUT2D eigenvalue weighted by atomic mass is 16.7. The minimum absolute atomic E-state index is 0.104. The molecule has 1 rings (SSSR count). The average Bonchev–Trinajstić information content (AvgIpc) is 2.46. The highest BCUT2D eigenvalue weighted by Crippen LogP contribution is 2.22. The SMILES string of the molecule is NC(=NC1CC1)N[N+](=O)[O-]. The van der Waals surface area contributed by atoms with Gasteiger partial charge in [-0.3, -0.25) is 0 Å². The van der Waals surface area contributed by atoms with Gasteiger partial charge in [-0.25, -0.2) is 15.1 Å². The zero-order chi connectivity index (χ0) is 7.56. The van der Waals surface area contributed by atoms with Gasteiger partial charge in [0.1, 0.15) is 0 Å². The predicted molar refractivity (Wildman–Crippen MR) is 34.8 cm³/mol. The fraction of sp³-hybridized carbons (Fsp3) is 0.750. The summed E-state index contributed by atoms with van der Waals surface area (Å²) in [5.41, 5.74) is 6.88. The number of nitrogens with one attached hydrogen (secondary N) is 1. The van der Waals surface area contributed by atoms with Crippen molar-refractivity contribution < 1.29 is 5.03 Å². The molecule has 0 amide bonds. The maximum absolute atomic E-state index is 9.75. The van der Waals surface area contributed by atoms with Crippen molar-refractivity contribution in [3.05, 3.63) is 10.1 Å². The zero-order valence-corrected chi connectivity index (χ0v) is 5.28. The van der Waals surface area contributed by atoms with Crippen LogP contribution in [0.4, 0.5) is 0 Å². The van der Waals surface area contributed by atoms with Crippen molar-refractivity contribution in [2.75, 3.05) is 0 Å². The molecule has 1 saturated carbocycles. The monoisotopic (exact) mass is 144 g/mol. The highest BCUT2D eigenvalue weighted by Gasteiger charge is 2.21. The molecule has 0 atom stereocenters. The van der Waals surface area contributed by atoms with Gasteiger partial charge in [-0.05, 0) is 12.8 Å². The van der Waals surface area contributed by atoms with Crippen molar-refractivity contribution in [2.24, 2.45) is 10.7 Å². The summed E-state index contributed by atoms with van der Waals surface area (Å²) >= 11 is 0. The molecule has 0 saturated heterocycles. The van der Waals surface area contributed by atoms with Crippen LogP contribution >= 0.6 is 0 Å². The molecule has 10 heavy (non-hydrogen) atoms. The molecule has 3 N–H and O–H groups in total. The molecule has 0 spiro atoms. The maximum Gasteiger partial charge on any atom is 0.251 e. The van der Waals surface area contributed by atoms with Crippen LogP contribution in [0.2, 0.25) is 0 Å². The Morgan fingerprint density at radius 2 is 2.40 bits per heavy atom. The van der Waals surface area contributed by atoms with Crippen molar-refractivity contribution in [2.45, 2.75) is 18.9 Å². The summed E-state index contributed by atoms with van der Waals surface area (Å²) < 4.78 is 0. The topological polar surface area (TPSA) is 93.5 Å². The Morgan fingerprint density at radius 3 is 2.80 bits per heavy atom. The molecule has 0 unspecified atom stereocenters. The lowest BCUT2D eigenvalue weighted by atomic mass is 10.7. The van der Waals surface area contributed by atoms with Gasteiger partial charge in [0.2, 0.25) is 0 Å². The molecule has 6 nitrogen and oxygen atoms in total. The van der Waals surface area contributed by atoms with Crippen LogP contribution in [0, 0.1) is 10.1 Å². The van der Waals surface area contributed by atoms with Crippen LogP contribution in [0.15, 0.2) is 4.99 Å². The number of nitrogens with two attached hydrogens (primary N) is 1. The van der Waals surface area contributed by atoms with Crippen molar-refractivity contribution >= 4 is 5.96 Å². The molecular formula is C4H8N4O2. The first-order chi connectivity index (χ1) is 4.68. The maximum atomic E-state index is 9.75. The van der Waals surface area contributed by atoms with Crippen LogP contribution in [-0.4, -0.2) is 17.0 Å². The van der Waals surface area contributed by atoms with Crippen LogP contribution in [0.25, 0.3) is 0 Å². The third-order valence-electron chi connectivity index (χ3n) is 1.07. The summed E-state index contributed by atoms with van der Waals surface area (Å²) in [5.74, 6) is -0.104. The van der Waals surface area contributed by atoms with E-state index >= 15 is 0 Å². The van der Waals surface area contributed by atoms with Gasteiger partial charge in [0.25, 0.3) is 5.96 Å². The normalized spacial score (nSPS) is 18.6. The van der Waals surface area contributed by atoms with Gasteiger partial charge < -0.3 is 5.73 Å². The number of hydrogen-bond acceptors (Lipinski definition) is 3. The minimum atomic E-state index is -0.721. The first kappa shape index (κ1) is 6.79. The Bertz CT molecular complexity index is 174. The van der Waals surface area contributed by atoms with Gasteiger partial charge >= 0.3 is 0 Å².